The van der Waals surface area contributed by atoms with Crippen molar-refractivity contribution in [2.24, 2.45) is 0 Å². The first-order valence-electron chi connectivity index (χ1n) is 6.79. The summed E-state index contributed by atoms with van der Waals surface area (Å²) >= 11 is 0. The molecule has 1 aromatic rings. The third-order valence-corrected chi connectivity index (χ3v) is 3.61. The minimum Gasteiger partial charge on any atom is -0.422 e. The summed E-state index contributed by atoms with van der Waals surface area (Å²) < 4.78 is 7.36. The predicted molar refractivity (Wildman–Crippen MR) is 76.2 cm³/mol. The molecule has 0 bridgehead atoms. The van der Waals surface area contributed by atoms with Crippen molar-refractivity contribution in [3.8, 4) is 0 Å². The Labute approximate surface area is 115 Å². The number of unbranched alkanes of at least 4 members (excludes halogenated alkanes) is 1. The zero-order chi connectivity index (χ0) is 14.7. The maximum Gasteiger partial charge on any atom is 0.510 e. The Bertz CT molecular complexity index is 399. The van der Waals surface area contributed by atoms with Crippen molar-refractivity contribution in [3.63, 3.8) is 0 Å². The van der Waals surface area contributed by atoms with Crippen LogP contribution in [-0.4, -0.2) is 38.2 Å². The molecular formula is C13H25BN2O3. The summed E-state index contributed by atoms with van der Waals surface area (Å²) in [5.74, 6) is 0. The number of nitrogens with zero attached hydrogens (tertiary/aromatic N) is 2. The first-order valence-corrected chi connectivity index (χ1v) is 6.79. The lowest BCUT2D eigenvalue weighted by Crippen LogP contribution is -2.54. The Balaban J connectivity index is 2.78. The van der Waals surface area contributed by atoms with Crippen LogP contribution < -0.4 is 5.59 Å². The van der Waals surface area contributed by atoms with E-state index < -0.39 is 18.3 Å². The highest BCUT2D eigenvalue weighted by atomic mass is 16.5. The number of aliphatic hydroxyl groups is 1. The van der Waals surface area contributed by atoms with Gasteiger partial charge in [0.05, 0.1) is 16.8 Å². The molecule has 108 valence electrons. The van der Waals surface area contributed by atoms with E-state index in [2.05, 4.69) is 12.0 Å². The van der Waals surface area contributed by atoms with Gasteiger partial charge in [0.25, 0.3) is 0 Å². The molecule has 1 rings (SSSR count). The topological polar surface area (TPSA) is 67.5 Å². The second-order valence-corrected chi connectivity index (χ2v) is 5.87. The van der Waals surface area contributed by atoms with E-state index >= 15 is 0 Å². The maximum atomic E-state index is 10.2. The molecule has 5 nitrogen and oxygen atoms in total. The number of rotatable bonds is 7. The molecule has 0 aliphatic rings. The van der Waals surface area contributed by atoms with Crippen LogP contribution in [0.15, 0.2) is 12.3 Å². The van der Waals surface area contributed by atoms with Crippen LogP contribution in [0.1, 0.15) is 47.5 Å². The minimum atomic E-state index is -1.10. The standard InChI is InChI=1S/C13H25BN2O3/c1-6-7-10-16-11(8-9-15-16)14(18)19-13(4,5)12(2,3)17/h8-9,17-18H,6-7,10H2,1-5H3. The molecule has 0 atom stereocenters. The lowest BCUT2D eigenvalue weighted by atomic mass is 9.80. The highest BCUT2D eigenvalue weighted by Gasteiger charge is 2.40. The van der Waals surface area contributed by atoms with E-state index in [4.69, 9.17) is 4.65 Å². The van der Waals surface area contributed by atoms with Gasteiger partial charge < -0.3 is 14.8 Å². The van der Waals surface area contributed by atoms with E-state index in [-0.39, 0.29) is 0 Å². The third kappa shape index (κ3) is 4.06. The van der Waals surface area contributed by atoms with Gasteiger partial charge in [-0.3, -0.25) is 4.68 Å². The summed E-state index contributed by atoms with van der Waals surface area (Å²) in [6.45, 7) is 9.68. The highest BCUT2D eigenvalue weighted by Crippen LogP contribution is 2.25. The molecule has 0 aromatic carbocycles. The molecule has 6 heteroatoms. The van der Waals surface area contributed by atoms with Gasteiger partial charge in [0.15, 0.2) is 0 Å². The summed E-state index contributed by atoms with van der Waals surface area (Å²) in [5.41, 5.74) is -1.31. The average Bonchev–Trinajstić information content (AvgIpc) is 2.72. The van der Waals surface area contributed by atoms with Crippen LogP contribution in [0.25, 0.3) is 0 Å². The Morgan fingerprint density at radius 1 is 1.37 bits per heavy atom. The molecule has 0 aliphatic heterocycles. The van der Waals surface area contributed by atoms with Crippen LogP contribution in [0.3, 0.4) is 0 Å². The monoisotopic (exact) mass is 268 g/mol. The Morgan fingerprint density at radius 3 is 2.53 bits per heavy atom. The minimum absolute atomic E-state index is 0.616. The van der Waals surface area contributed by atoms with Gasteiger partial charge in [-0.1, -0.05) is 13.3 Å². The number of hydrogen-bond donors (Lipinski definition) is 2. The third-order valence-electron chi connectivity index (χ3n) is 3.61. The van der Waals surface area contributed by atoms with Crippen molar-refractivity contribution in [2.45, 2.75) is 65.2 Å². The van der Waals surface area contributed by atoms with Crippen LogP contribution in [0.2, 0.25) is 0 Å². The van der Waals surface area contributed by atoms with Gasteiger partial charge in [0, 0.05) is 12.7 Å². The van der Waals surface area contributed by atoms with Gasteiger partial charge in [0.1, 0.15) is 0 Å². The van der Waals surface area contributed by atoms with E-state index in [9.17, 15) is 10.1 Å². The molecule has 0 fully saturated rings. The lowest BCUT2D eigenvalue weighted by molar-refractivity contribution is -0.0984. The molecule has 0 aliphatic carbocycles. The highest BCUT2D eigenvalue weighted by molar-refractivity contribution is 6.59. The summed E-state index contributed by atoms with van der Waals surface area (Å²) in [6.07, 6.45) is 3.70. The zero-order valence-electron chi connectivity index (χ0n) is 12.6. The summed E-state index contributed by atoms with van der Waals surface area (Å²) in [7, 11) is -1.10. The number of aromatic nitrogens is 2. The first kappa shape index (κ1) is 16.2. The van der Waals surface area contributed by atoms with E-state index in [1.807, 2.05) is 0 Å². The molecule has 0 unspecified atom stereocenters. The lowest BCUT2D eigenvalue weighted by Gasteiger charge is -2.38. The van der Waals surface area contributed by atoms with Crippen LogP contribution in [0.5, 0.6) is 0 Å². The van der Waals surface area contributed by atoms with Crippen LogP contribution in [0.4, 0.5) is 0 Å². The number of aryl methyl sites for hydroxylation is 1. The molecule has 0 saturated heterocycles. The van der Waals surface area contributed by atoms with Crippen LogP contribution >= 0.6 is 0 Å². The fraction of sp³-hybridized carbons (Fsp3) is 0.769. The van der Waals surface area contributed by atoms with Gasteiger partial charge in [-0.2, -0.15) is 5.10 Å². The predicted octanol–water partition coefficient (Wildman–Crippen LogP) is 0.937. The summed E-state index contributed by atoms with van der Waals surface area (Å²) in [4.78, 5) is 0. The van der Waals surface area contributed by atoms with E-state index in [0.717, 1.165) is 19.4 Å². The quantitative estimate of drug-likeness (QED) is 0.722. The molecule has 1 aromatic heterocycles. The van der Waals surface area contributed by atoms with Gasteiger partial charge in [0.2, 0.25) is 0 Å². The zero-order valence-corrected chi connectivity index (χ0v) is 12.6. The molecular weight excluding hydrogens is 243 g/mol. The molecule has 0 amide bonds. The average molecular weight is 268 g/mol. The Hall–Kier alpha value is -0.845. The second-order valence-electron chi connectivity index (χ2n) is 5.87. The van der Waals surface area contributed by atoms with Crippen molar-refractivity contribution in [3.05, 3.63) is 12.3 Å². The van der Waals surface area contributed by atoms with Crippen LogP contribution in [-0.2, 0) is 11.2 Å². The fourth-order valence-electron chi connectivity index (χ4n) is 1.53. The summed E-state index contributed by atoms with van der Waals surface area (Å²) in [5, 5.41) is 24.4. The van der Waals surface area contributed by atoms with Gasteiger partial charge in [-0.15, -0.1) is 0 Å². The second kappa shape index (κ2) is 6.07. The molecule has 2 N–H and O–H groups in total. The molecule has 0 saturated carbocycles. The SMILES string of the molecule is CCCCn1nccc1B(O)OC(C)(C)C(C)(C)O. The maximum absolute atomic E-state index is 10.2. The van der Waals surface area contributed by atoms with Crippen molar-refractivity contribution in [2.75, 3.05) is 0 Å². The van der Waals surface area contributed by atoms with Crippen molar-refractivity contribution >= 4 is 12.7 Å². The van der Waals surface area contributed by atoms with Crippen molar-refractivity contribution in [1.82, 2.24) is 9.78 Å². The number of hydrogen-bond acceptors (Lipinski definition) is 4. The van der Waals surface area contributed by atoms with Gasteiger partial charge in [-0.05, 0) is 40.2 Å². The summed E-state index contributed by atoms with van der Waals surface area (Å²) in [6, 6.07) is 1.74. The van der Waals surface area contributed by atoms with E-state index in [1.54, 1.807) is 44.6 Å². The van der Waals surface area contributed by atoms with E-state index in [1.165, 1.54) is 0 Å². The Kier molecular flexibility index (Phi) is 5.18. The normalized spacial score (nSPS) is 12.8. The Morgan fingerprint density at radius 2 is 2.00 bits per heavy atom. The fourth-order valence-corrected chi connectivity index (χ4v) is 1.53. The van der Waals surface area contributed by atoms with Crippen molar-refractivity contribution < 1.29 is 14.8 Å². The largest absolute Gasteiger partial charge is 0.510 e. The first-order chi connectivity index (χ1) is 8.69. The van der Waals surface area contributed by atoms with Gasteiger partial charge >= 0.3 is 7.12 Å². The molecule has 19 heavy (non-hydrogen) atoms. The van der Waals surface area contributed by atoms with Crippen molar-refractivity contribution in [1.29, 1.82) is 0 Å². The molecule has 1 heterocycles. The van der Waals surface area contributed by atoms with E-state index in [0.29, 0.717) is 5.59 Å². The van der Waals surface area contributed by atoms with Gasteiger partial charge in [-0.25, -0.2) is 0 Å². The van der Waals surface area contributed by atoms with Crippen LogP contribution in [0, 0.1) is 0 Å². The molecule has 0 radical (unpaired) electrons. The smallest absolute Gasteiger partial charge is 0.422 e. The molecule has 0 spiro atoms.